The molecule has 4 nitrogen and oxygen atoms in total. The molecular formula is C7H16N2O2. The van der Waals surface area contributed by atoms with Gasteiger partial charge < -0.3 is 15.0 Å². The van der Waals surface area contributed by atoms with E-state index in [1.165, 1.54) is 7.11 Å². The Balaban J connectivity index is 3.84. The van der Waals surface area contributed by atoms with Crippen molar-refractivity contribution in [1.82, 2.24) is 10.2 Å². The van der Waals surface area contributed by atoms with Crippen LogP contribution in [0.3, 0.4) is 0 Å². The number of nitrogens with zero attached hydrogens (tertiary/aromatic N) is 1. The van der Waals surface area contributed by atoms with Crippen LogP contribution in [0.1, 0.15) is 0 Å². The molecule has 0 bridgehead atoms. The van der Waals surface area contributed by atoms with E-state index in [9.17, 15) is 4.79 Å². The zero-order valence-electron chi connectivity index (χ0n) is 7.55. The largest absolute Gasteiger partial charge is 0.370 e. The Kier molecular flexibility index (Phi) is 4.81. The maximum atomic E-state index is 11.0. The highest BCUT2D eigenvalue weighted by Crippen LogP contribution is 1.91. The van der Waals surface area contributed by atoms with Crippen molar-refractivity contribution < 1.29 is 9.53 Å². The van der Waals surface area contributed by atoms with Gasteiger partial charge in [-0.2, -0.15) is 0 Å². The summed E-state index contributed by atoms with van der Waals surface area (Å²) in [5.74, 6) is -0.0822. The molecule has 66 valence electrons. The minimum Gasteiger partial charge on any atom is -0.370 e. The topological polar surface area (TPSA) is 41.6 Å². The number of hydrogen-bond donors (Lipinski definition) is 1. The summed E-state index contributed by atoms with van der Waals surface area (Å²) in [4.78, 5) is 12.9. The summed E-state index contributed by atoms with van der Waals surface area (Å²) in [7, 11) is 6.93. The second-order valence-corrected chi connectivity index (χ2v) is 2.60. The van der Waals surface area contributed by atoms with Crippen molar-refractivity contribution in [1.29, 1.82) is 0 Å². The van der Waals surface area contributed by atoms with Crippen molar-refractivity contribution >= 4 is 5.91 Å². The van der Waals surface area contributed by atoms with Gasteiger partial charge in [-0.1, -0.05) is 0 Å². The molecule has 0 spiro atoms. The number of amides is 1. The zero-order valence-corrected chi connectivity index (χ0v) is 7.55. The highest BCUT2D eigenvalue weighted by Gasteiger charge is 2.16. The minimum atomic E-state index is -0.366. The molecule has 4 heteroatoms. The first-order valence-electron chi connectivity index (χ1n) is 3.51. The fourth-order valence-corrected chi connectivity index (χ4v) is 0.757. The molecule has 0 fully saturated rings. The molecule has 0 aromatic rings. The van der Waals surface area contributed by atoms with Gasteiger partial charge in [0.1, 0.15) is 6.10 Å². The van der Waals surface area contributed by atoms with Crippen molar-refractivity contribution in [2.75, 3.05) is 34.8 Å². The standard InChI is InChI=1S/C7H16N2O2/c1-8-7(10)6(11-4)5-9(2)3/h6H,5H2,1-4H3,(H,8,10). The predicted octanol–water partition coefficient (Wildman–Crippen LogP) is -0.691. The molecule has 0 rings (SSSR count). The van der Waals surface area contributed by atoms with Crippen LogP contribution in [-0.2, 0) is 9.53 Å². The lowest BCUT2D eigenvalue weighted by molar-refractivity contribution is -0.131. The average molecular weight is 160 g/mol. The van der Waals surface area contributed by atoms with Gasteiger partial charge in [-0.15, -0.1) is 0 Å². The Morgan fingerprint density at radius 2 is 2.18 bits per heavy atom. The Labute approximate surface area is 67.5 Å². The van der Waals surface area contributed by atoms with E-state index >= 15 is 0 Å². The molecule has 0 aromatic heterocycles. The third kappa shape index (κ3) is 3.95. The van der Waals surface area contributed by atoms with Crippen LogP contribution < -0.4 is 5.32 Å². The first-order chi connectivity index (χ1) is 5.11. The highest BCUT2D eigenvalue weighted by atomic mass is 16.5. The van der Waals surface area contributed by atoms with Crippen molar-refractivity contribution in [2.24, 2.45) is 0 Å². The monoisotopic (exact) mass is 160 g/mol. The van der Waals surface area contributed by atoms with Gasteiger partial charge in [0.15, 0.2) is 0 Å². The number of carbonyl (C=O) groups is 1. The summed E-state index contributed by atoms with van der Waals surface area (Å²) < 4.78 is 4.96. The van der Waals surface area contributed by atoms with Crippen molar-refractivity contribution in [3.8, 4) is 0 Å². The highest BCUT2D eigenvalue weighted by molar-refractivity contribution is 5.80. The predicted molar refractivity (Wildman–Crippen MR) is 43.4 cm³/mol. The SMILES string of the molecule is CNC(=O)C(CN(C)C)OC. The molecule has 0 aliphatic heterocycles. The molecule has 1 unspecified atom stereocenters. The van der Waals surface area contributed by atoms with E-state index in [0.29, 0.717) is 6.54 Å². The van der Waals surface area contributed by atoms with Crippen LogP contribution in [0.4, 0.5) is 0 Å². The Bertz CT molecular complexity index is 126. The molecule has 11 heavy (non-hydrogen) atoms. The number of methoxy groups -OCH3 is 1. The second-order valence-electron chi connectivity index (χ2n) is 2.60. The van der Waals surface area contributed by atoms with E-state index in [1.54, 1.807) is 7.05 Å². The molecule has 1 amide bonds. The van der Waals surface area contributed by atoms with Crippen LogP contribution in [0.25, 0.3) is 0 Å². The van der Waals surface area contributed by atoms with E-state index in [0.717, 1.165) is 0 Å². The lowest BCUT2D eigenvalue weighted by Crippen LogP contribution is -2.40. The summed E-state index contributed by atoms with van der Waals surface area (Å²) in [6, 6.07) is 0. The molecule has 0 saturated carbocycles. The maximum Gasteiger partial charge on any atom is 0.250 e. The first kappa shape index (κ1) is 10.4. The summed E-state index contributed by atoms with van der Waals surface area (Å²) in [5, 5.41) is 2.53. The van der Waals surface area contributed by atoms with Crippen LogP contribution >= 0.6 is 0 Å². The van der Waals surface area contributed by atoms with Gasteiger partial charge >= 0.3 is 0 Å². The lowest BCUT2D eigenvalue weighted by atomic mass is 10.3. The molecule has 1 N–H and O–H groups in total. The van der Waals surface area contributed by atoms with Gasteiger partial charge in [-0.3, -0.25) is 4.79 Å². The Morgan fingerprint density at radius 3 is 2.45 bits per heavy atom. The van der Waals surface area contributed by atoms with Gasteiger partial charge in [0.2, 0.25) is 5.91 Å². The first-order valence-corrected chi connectivity index (χ1v) is 3.51. The van der Waals surface area contributed by atoms with Crippen molar-refractivity contribution in [2.45, 2.75) is 6.10 Å². The number of rotatable bonds is 4. The normalized spacial score (nSPS) is 13.2. The van der Waals surface area contributed by atoms with Gasteiger partial charge in [-0.25, -0.2) is 0 Å². The summed E-state index contributed by atoms with van der Waals surface area (Å²) in [5.41, 5.74) is 0. The number of ether oxygens (including phenoxy) is 1. The molecule has 0 heterocycles. The van der Waals surface area contributed by atoms with E-state index in [-0.39, 0.29) is 12.0 Å². The number of hydrogen-bond acceptors (Lipinski definition) is 3. The van der Waals surface area contributed by atoms with E-state index in [4.69, 9.17) is 4.74 Å². The zero-order chi connectivity index (χ0) is 8.85. The number of likely N-dealkylation sites (N-methyl/N-ethyl adjacent to an activating group) is 2. The van der Waals surface area contributed by atoms with Crippen LogP contribution in [0.15, 0.2) is 0 Å². The van der Waals surface area contributed by atoms with Crippen LogP contribution in [0.2, 0.25) is 0 Å². The molecule has 0 aliphatic rings. The summed E-state index contributed by atoms with van der Waals surface area (Å²) in [6.45, 7) is 0.607. The molecule has 0 aliphatic carbocycles. The minimum absolute atomic E-state index is 0.0822. The van der Waals surface area contributed by atoms with Crippen molar-refractivity contribution in [3.05, 3.63) is 0 Å². The van der Waals surface area contributed by atoms with Crippen LogP contribution in [0.5, 0.6) is 0 Å². The molecule has 1 atom stereocenters. The summed E-state index contributed by atoms with van der Waals surface area (Å²) >= 11 is 0. The third-order valence-electron chi connectivity index (χ3n) is 1.35. The molecule has 0 radical (unpaired) electrons. The van der Waals surface area contributed by atoms with Gasteiger partial charge in [-0.05, 0) is 14.1 Å². The van der Waals surface area contributed by atoms with Crippen molar-refractivity contribution in [3.63, 3.8) is 0 Å². The second kappa shape index (κ2) is 5.09. The van der Waals surface area contributed by atoms with Gasteiger partial charge in [0.05, 0.1) is 0 Å². The quantitative estimate of drug-likeness (QED) is 0.592. The molecule has 0 aromatic carbocycles. The van der Waals surface area contributed by atoms with Gasteiger partial charge in [0, 0.05) is 20.7 Å². The fraction of sp³-hybridized carbons (Fsp3) is 0.857. The van der Waals surface area contributed by atoms with Crippen LogP contribution in [-0.4, -0.2) is 51.7 Å². The smallest absolute Gasteiger partial charge is 0.250 e. The van der Waals surface area contributed by atoms with E-state index < -0.39 is 0 Å². The maximum absolute atomic E-state index is 11.0. The van der Waals surface area contributed by atoms with E-state index in [2.05, 4.69) is 5.32 Å². The average Bonchev–Trinajstić information content (AvgIpc) is 1.98. The fourth-order valence-electron chi connectivity index (χ4n) is 0.757. The molecular weight excluding hydrogens is 144 g/mol. The Morgan fingerprint density at radius 1 is 1.64 bits per heavy atom. The summed E-state index contributed by atoms with van der Waals surface area (Å²) in [6.07, 6.45) is -0.366. The molecule has 0 saturated heterocycles. The lowest BCUT2D eigenvalue weighted by Gasteiger charge is -2.17. The third-order valence-corrected chi connectivity index (χ3v) is 1.35. The Hall–Kier alpha value is -0.610. The number of carbonyl (C=O) groups excluding carboxylic acids is 1. The van der Waals surface area contributed by atoms with Gasteiger partial charge in [0.25, 0.3) is 0 Å². The number of nitrogens with one attached hydrogen (secondary N) is 1. The van der Waals surface area contributed by atoms with E-state index in [1.807, 2.05) is 19.0 Å². The van der Waals surface area contributed by atoms with Crippen LogP contribution in [0, 0.1) is 0 Å².